The Hall–Kier alpha value is -0.820. The molecule has 4 rings (SSSR count). The van der Waals surface area contributed by atoms with Gasteiger partial charge in [0.2, 0.25) is 0 Å². The normalized spacial score (nSPS) is 37.8. The molecule has 0 amide bonds. The molecule has 1 N–H and O–H groups in total. The van der Waals surface area contributed by atoms with E-state index >= 15 is 0 Å². The molecule has 114 valence electrons. The van der Waals surface area contributed by atoms with Crippen molar-refractivity contribution in [2.24, 2.45) is 23.7 Å². The first-order chi connectivity index (χ1) is 10.2. The van der Waals surface area contributed by atoms with Crippen molar-refractivity contribution >= 4 is 0 Å². The van der Waals surface area contributed by atoms with E-state index in [9.17, 15) is 5.11 Å². The van der Waals surface area contributed by atoms with Crippen LogP contribution in [0.2, 0.25) is 0 Å². The van der Waals surface area contributed by atoms with Crippen LogP contribution in [0.3, 0.4) is 0 Å². The molecule has 0 radical (unpaired) electrons. The minimum Gasteiger partial charge on any atom is -0.385 e. The Balaban J connectivity index is 1.82. The number of hydrogen-bond donors (Lipinski definition) is 1. The minimum atomic E-state index is -0.540. The van der Waals surface area contributed by atoms with Gasteiger partial charge in [0, 0.05) is 0 Å². The highest BCUT2D eigenvalue weighted by Gasteiger charge is 2.60. The standard InChI is InChI=1S/C20H28O/c1-14-8-2-5-11-17(14)20(21)18-12-6-3-9-15(18)16-10-4-7-13-19(16)20/h2,5,8,11,15-16,18-19,21H,3-4,6-7,9-10,12-13H2,1H3/t15-,16-,18+,19+/m1/s1. The number of benzene rings is 1. The van der Waals surface area contributed by atoms with E-state index in [0.717, 1.165) is 11.8 Å². The molecule has 1 aromatic carbocycles. The van der Waals surface area contributed by atoms with Gasteiger partial charge in [-0.15, -0.1) is 0 Å². The number of rotatable bonds is 1. The average molecular weight is 284 g/mol. The summed E-state index contributed by atoms with van der Waals surface area (Å²) in [5.41, 5.74) is 1.99. The van der Waals surface area contributed by atoms with Gasteiger partial charge in [0.15, 0.2) is 0 Å². The fourth-order valence-electron chi connectivity index (χ4n) is 6.13. The van der Waals surface area contributed by atoms with E-state index in [2.05, 4.69) is 31.2 Å². The lowest BCUT2D eigenvalue weighted by molar-refractivity contribution is -0.0655. The highest BCUT2D eigenvalue weighted by Crippen LogP contribution is 2.63. The Morgan fingerprint density at radius 2 is 1.38 bits per heavy atom. The van der Waals surface area contributed by atoms with Crippen LogP contribution in [0.5, 0.6) is 0 Å². The van der Waals surface area contributed by atoms with Crippen molar-refractivity contribution in [2.75, 3.05) is 0 Å². The van der Waals surface area contributed by atoms with E-state index in [1.54, 1.807) is 0 Å². The van der Waals surface area contributed by atoms with Crippen LogP contribution in [0.4, 0.5) is 0 Å². The summed E-state index contributed by atoms with van der Waals surface area (Å²) in [6.07, 6.45) is 10.6. The van der Waals surface area contributed by atoms with Crippen LogP contribution in [-0.2, 0) is 5.60 Å². The lowest BCUT2D eigenvalue weighted by Crippen LogP contribution is -2.40. The highest BCUT2D eigenvalue weighted by molar-refractivity contribution is 5.35. The van der Waals surface area contributed by atoms with E-state index in [4.69, 9.17) is 0 Å². The number of aliphatic hydroxyl groups is 1. The van der Waals surface area contributed by atoms with Crippen LogP contribution in [0.1, 0.15) is 62.5 Å². The maximum Gasteiger partial charge on any atom is 0.0960 e. The lowest BCUT2D eigenvalue weighted by atomic mass is 9.70. The fourth-order valence-corrected chi connectivity index (χ4v) is 6.13. The molecule has 1 nitrogen and oxygen atoms in total. The molecule has 0 aromatic heterocycles. The van der Waals surface area contributed by atoms with Crippen LogP contribution in [0.25, 0.3) is 0 Å². The van der Waals surface area contributed by atoms with Gasteiger partial charge in [0.1, 0.15) is 0 Å². The smallest absolute Gasteiger partial charge is 0.0960 e. The lowest BCUT2D eigenvalue weighted by Gasteiger charge is -2.40. The molecule has 0 aliphatic heterocycles. The molecule has 0 bridgehead atoms. The Morgan fingerprint density at radius 3 is 1.95 bits per heavy atom. The molecule has 0 unspecified atom stereocenters. The molecular weight excluding hydrogens is 256 g/mol. The van der Waals surface area contributed by atoms with Crippen LogP contribution in [-0.4, -0.2) is 5.11 Å². The summed E-state index contributed by atoms with van der Waals surface area (Å²) in [6.45, 7) is 2.18. The van der Waals surface area contributed by atoms with Gasteiger partial charge in [-0.25, -0.2) is 0 Å². The topological polar surface area (TPSA) is 20.2 Å². The molecular formula is C20H28O. The van der Waals surface area contributed by atoms with Gasteiger partial charge in [-0.1, -0.05) is 49.9 Å². The van der Waals surface area contributed by atoms with Crippen LogP contribution < -0.4 is 0 Å². The summed E-state index contributed by atoms with van der Waals surface area (Å²) in [5.74, 6) is 2.60. The average Bonchev–Trinajstić information content (AvgIpc) is 2.79. The molecule has 1 aromatic rings. The number of hydrogen-bond acceptors (Lipinski definition) is 1. The molecule has 3 saturated carbocycles. The quantitative estimate of drug-likeness (QED) is 0.784. The molecule has 3 aliphatic carbocycles. The van der Waals surface area contributed by atoms with Gasteiger partial charge in [0.25, 0.3) is 0 Å². The van der Waals surface area contributed by atoms with Crippen molar-refractivity contribution < 1.29 is 5.11 Å². The Morgan fingerprint density at radius 1 is 0.857 bits per heavy atom. The SMILES string of the molecule is Cc1ccccc1C1(O)[C@H]2CCCC[C@@H]2[C@H]2CCCC[C@@H]21. The van der Waals surface area contributed by atoms with E-state index in [1.165, 1.54) is 62.5 Å². The Bertz CT molecular complexity index is 498. The van der Waals surface area contributed by atoms with Crippen LogP contribution >= 0.6 is 0 Å². The first-order valence-electron chi connectivity index (χ1n) is 9.01. The maximum atomic E-state index is 11.9. The van der Waals surface area contributed by atoms with Crippen molar-refractivity contribution in [2.45, 2.75) is 63.9 Å². The summed E-state index contributed by atoms with van der Waals surface area (Å²) in [4.78, 5) is 0. The third-order valence-electron chi connectivity index (χ3n) is 6.90. The van der Waals surface area contributed by atoms with Gasteiger partial charge in [-0.05, 0) is 67.4 Å². The zero-order chi connectivity index (χ0) is 14.4. The summed E-state index contributed by atoms with van der Waals surface area (Å²) in [7, 11) is 0. The second-order valence-corrected chi connectivity index (χ2v) is 7.75. The Labute approximate surface area is 128 Å². The zero-order valence-electron chi connectivity index (χ0n) is 13.2. The number of fused-ring (bicyclic) bond motifs is 3. The van der Waals surface area contributed by atoms with E-state index in [-0.39, 0.29) is 0 Å². The highest BCUT2D eigenvalue weighted by atomic mass is 16.3. The molecule has 1 heteroatoms. The summed E-state index contributed by atoms with van der Waals surface area (Å²) < 4.78 is 0. The first-order valence-corrected chi connectivity index (χ1v) is 9.01. The molecule has 0 saturated heterocycles. The summed E-state index contributed by atoms with van der Waals surface area (Å²) >= 11 is 0. The largest absolute Gasteiger partial charge is 0.385 e. The molecule has 21 heavy (non-hydrogen) atoms. The second kappa shape index (κ2) is 5.12. The third-order valence-corrected chi connectivity index (χ3v) is 6.90. The van der Waals surface area contributed by atoms with Crippen molar-refractivity contribution in [3.05, 3.63) is 35.4 Å². The van der Waals surface area contributed by atoms with E-state index < -0.39 is 5.60 Å². The van der Waals surface area contributed by atoms with Gasteiger partial charge in [0.05, 0.1) is 5.60 Å². The van der Waals surface area contributed by atoms with E-state index in [1.807, 2.05) is 0 Å². The molecule has 3 fully saturated rings. The third kappa shape index (κ3) is 1.93. The van der Waals surface area contributed by atoms with Gasteiger partial charge < -0.3 is 5.11 Å². The van der Waals surface area contributed by atoms with Crippen LogP contribution in [0, 0.1) is 30.6 Å². The summed E-state index contributed by atoms with van der Waals surface area (Å²) in [6, 6.07) is 8.61. The molecule has 0 heterocycles. The monoisotopic (exact) mass is 284 g/mol. The van der Waals surface area contributed by atoms with Crippen LogP contribution in [0.15, 0.2) is 24.3 Å². The zero-order valence-corrected chi connectivity index (χ0v) is 13.2. The molecule has 4 atom stereocenters. The van der Waals surface area contributed by atoms with Crippen molar-refractivity contribution in [3.63, 3.8) is 0 Å². The maximum absolute atomic E-state index is 11.9. The predicted octanol–water partition coefficient (Wildman–Crippen LogP) is 4.81. The van der Waals surface area contributed by atoms with Gasteiger partial charge in [-0.3, -0.25) is 0 Å². The van der Waals surface area contributed by atoms with Crippen molar-refractivity contribution in [1.82, 2.24) is 0 Å². The van der Waals surface area contributed by atoms with Crippen molar-refractivity contribution in [1.29, 1.82) is 0 Å². The number of aryl methyl sites for hydroxylation is 1. The first kappa shape index (κ1) is 13.8. The molecule has 0 spiro atoms. The van der Waals surface area contributed by atoms with Crippen molar-refractivity contribution in [3.8, 4) is 0 Å². The summed E-state index contributed by atoms with van der Waals surface area (Å²) in [5, 5.41) is 11.9. The second-order valence-electron chi connectivity index (χ2n) is 7.75. The predicted molar refractivity (Wildman–Crippen MR) is 86.0 cm³/mol. The minimum absolute atomic E-state index is 0.514. The molecule has 3 aliphatic rings. The fraction of sp³-hybridized carbons (Fsp3) is 0.700. The van der Waals surface area contributed by atoms with Gasteiger partial charge in [-0.2, -0.15) is 0 Å². The van der Waals surface area contributed by atoms with Gasteiger partial charge >= 0.3 is 0 Å². The Kier molecular flexibility index (Phi) is 3.37. The van der Waals surface area contributed by atoms with E-state index in [0.29, 0.717) is 11.8 Å².